The van der Waals surface area contributed by atoms with Crippen molar-refractivity contribution in [3.63, 3.8) is 0 Å². The van der Waals surface area contributed by atoms with Crippen LogP contribution in [0.25, 0.3) is 0 Å². The molecule has 0 saturated heterocycles. The van der Waals surface area contributed by atoms with E-state index in [1.54, 1.807) is 0 Å². The molecule has 1 N–H and O–H groups in total. The van der Waals surface area contributed by atoms with Gasteiger partial charge in [-0.15, -0.1) is 0 Å². The number of carbonyl (C=O) groups excluding carboxylic acids is 1. The lowest BCUT2D eigenvalue weighted by Crippen LogP contribution is -2.57. The van der Waals surface area contributed by atoms with E-state index in [0.29, 0.717) is 0 Å². The summed E-state index contributed by atoms with van der Waals surface area (Å²) in [6, 6.07) is -1.10. The number of hydrogen-bond acceptors (Lipinski definition) is 4. The third-order valence-corrected chi connectivity index (χ3v) is 3.31. The fraction of sp³-hybridized carbons (Fsp3) is 0.545. The number of hydrazone groups is 1. The zero-order chi connectivity index (χ0) is 16.0. The molecule has 1 aromatic rings. The number of halogens is 4. The molecule has 116 valence electrons. The molecule has 1 amide bonds. The van der Waals surface area contributed by atoms with E-state index in [1.807, 2.05) is 0 Å². The van der Waals surface area contributed by atoms with E-state index in [9.17, 15) is 23.1 Å². The Morgan fingerprint density at radius 2 is 2.19 bits per heavy atom. The third kappa shape index (κ3) is 2.62. The maximum absolute atomic E-state index is 13.0. The molecule has 1 aliphatic rings. The SMILES string of the molecule is CC1=NN(C(=O)[C@H](C)n2cc(Cl)cn2)[C@](O)(C(F)(F)F)C1. The fourth-order valence-electron chi connectivity index (χ4n) is 1.99. The molecule has 21 heavy (non-hydrogen) atoms. The number of aliphatic hydroxyl groups is 1. The monoisotopic (exact) mass is 324 g/mol. The van der Waals surface area contributed by atoms with Crippen LogP contribution < -0.4 is 0 Å². The summed E-state index contributed by atoms with van der Waals surface area (Å²) in [5.41, 5.74) is -3.33. The van der Waals surface area contributed by atoms with Crippen molar-refractivity contribution in [1.82, 2.24) is 14.8 Å². The maximum Gasteiger partial charge on any atom is 0.438 e. The van der Waals surface area contributed by atoms with E-state index in [-0.39, 0.29) is 15.7 Å². The molecule has 0 fully saturated rings. The molecule has 2 atom stereocenters. The Labute approximate surface area is 122 Å². The Morgan fingerprint density at radius 1 is 1.57 bits per heavy atom. The Hall–Kier alpha value is -1.61. The lowest BCUT2D eigenvalue weighted by Gasteiger charge is -2.33. The summed E-state index contributed by atoms with van der Waals surface area (Å²) in [5.74, 6) is -1.04. The van der Waals surface area contributed by atoms with Gasteiger partial charge in [-0.1, -0.05) is 11.6 Å². The molecule has 0 bridgehead atoms. The van der Waals surface area contributed by atoms with Crippen molar-refractivity contribution in [2.24, 2.45) is 5.10 Å². The van der Waals surface area contributed by atoms with Crippen LogP contribution in [0.3, 0.4) is 0 Å². The van der Waals surface area contributed by atoms with Crippen LogP contribution in [0.1, 0.15) is 26.3 Å². The van der Waals surface area contributed by atoms with E-state index in [1.165, 1.54) is 26.2 Å². The largest absolute Gasteiger partial charge is 0.438 e. The van der Waals surface area contributed by atoms with Crippen LogP contribution in [-0.4, -0.2) is 43.4 Å². The fourth-order valence-corrected chi connectivity index (χ4v) is 2.13. The maximum atomic E-state index is 13.0. The summed E-state index contributed by atoms with van der Waals surface area (Å²) >= 11 is 5.66. The van der Waals surface area contributed by atoms with Gasteiger partial charge in [0, 0.05) is 18.3 Å². The van der Waals surface area contributed by atoms with Crippen molar-refractivity contribution in [2.45, 2.75) is 38.2 Å². The molecule has 0 radical (unpaired) electrons. The zero-order valence-corrected chi connectivity index (χ0v) is 11.9. The number of aromatic nitrogens is 2. The van der Waals surface area contributed by atoms with E-state index >= 15 is 0 Å². The summed E-state index contributed by atoms with van der Waals surface area (Å²) in [4.78, 5) is 12.2. The molecule has 1 aliphatic heterocycles. The summed E-state index contributed by atoms with van der Waals surface area (Å²) in [6.45, 7) is 2.64. The molecule has 6 nitrogen and oxygen atoms in total. The highest BCUT2D eigenvalue weighted by molar-refractivity contribution is 6.30. The van der Waals surface area contributed by atoms with Gasteiger partial charge in [0.2, 0.25) is 0 Å². The minimum atomic E-state index is -5.02. The smallest absolute Gasteiger partial charge is 0.362 e. The standard InChI is InChI=1S/C11H12ClF3N4O2/c1-6-3-10(21,11(13,14)15)19(17-6)9(20)7(2)18-5-8(12)4-16-18/h4-5,7,21H,3H2,1-2H3/t7-,10+/m0/s1. The van der Waals surface area contributed by atoms with Crippen molar-refractivity contribution in [2.75, 3.05) is 0 Å². The van der Waals surface area contributed by atoms with Gasteiger partial charge in [0.15, 0.2) is 0 Å². The normalized spacial score (nSPS) is 24.1. The highest BCUT2D eigenvalue weighted by atomic mass is 35.5. The second kappa shape index (κ2) is 4.99. The second-order valence-corrected chi connectivity index (χ2v) is 5.23. The van der Waals surface area contributed by atoms with Gasteiger partial charge in [-0.25, -0.2) is 0 Å². The predicted octanol–water partition coefficient (Wildman–Crippen LogP) is 1.96. The number of rotatable bonds is 2. The van der Waals surface area contributed by atoms with Gasteiger partial charge in [0.1, 0.15) is 6.04 Å². The predicted molar refractivity (Wildman–Crippen MR) is 67.5 cm³/mol. The molecule has 1 aromatic heterocycles. The van der Waals surface area contributed by atoms with Crippen LogP contribution in [0.4, 0.5) is 13.2 Å². The van der Waals surface area contributed by atoms with Gasteiger partial charge in [-0.05, 0) is 13.8 Å². The molecular weight excluding hydrogens is 313 g/mol. The molecule has 2 heterocycles. The van der Waals surface area contributed by atoms with Gasteiger partial charge in [0.25, 0.3) is 11.6 Å². The number of amides is 1. The molecule has 0 spiro atoms. The van der Waals surface area contributed by atoms with Crippen LogP contribution >= 0.6 is 11.6 Å². The molecular formula is C11H12ClF3N4O2. The van der Waals surface area contributed by atoms with Crippen molar-refractivity contribution < 1.29 is 23.1 Å². The molecule has 2 rings (SSSR count). The lowest BCUT2D eigenvalue weighted by atomic mass is 10.1. The highest BCUT2D eigenvalue weighted by Crippen LogP contribution is 2.41. The van der Waals surface area contributed by atoms with Crippen LogP contribution in [0.15, 0.2) is 17.5 Å². The first-order valence-electron chi connectivity index (χ1n) is 5.93. The van der Waals surface area contributed by atoms with Crippen LogP contribution in [-0.2, 0) is 4.79 Å². The Kier molecular flexibility index (Phi) is 3.75. The second-order valence-electron chi connectivity index (χ2n) is 4.79. The number of carbonyl (C=O) groups is 1. The van der Waals surface area contributed by atoms with Crippen molar-refractivity contribution in [3.05, 3.63) is 17.4 Å². The summed E-state index contributed by atoms with van der Waals surface area (Å²) < 4.78 is 40.2. The Morgan fingerprint density at radius 3 is 2.67 bits per heavy atom. The van der Waals surface area contributed by atoms with Crippen LogP contribution in [0.5, 0.6) is 0 Å². The number of hydrogen-bond donors (Lipinski definition) is 1. The van der Waals surface area contributed by atoms with Crippen molar-refractivity contribution in [1.29, 1.82) is 0 Å². The molecule has 0 aliphatic carbocycles. The summed E-state index contributed by atoms with van der Waals surface area (Å²) in [5, 5.41) is 17.4. The summed E-state index contributed by atoms with van der Waals surface area (Å²) in [6.07, 6.45) is -3.26. The van der Waals surface area contributed by atoms with E-state index in [2.05, 4.69) is 10.2 Å². The van der Waals surface area contributed by atoms with E-state index in [4.69, 9.17) is 11.6 Å². The average Bonchev–Trinajstić information content (AvgIpc) is 2.91. The lowest BCUT2D eigenvalue weighted by molar-refractivity contribution is -0.303. The third-order valence-electron chi connectivity index (χ3n) is 3.11. The van der Waals surface area contributed by atoms with Crippen molar-refractivity contribution >= 4 is 23.2 Å². The van der Waals surface area contributed by atoms with E-state index in [0.717, 1.165) is 4.68 Å². The minimum absolute atomic E-state index is 0.00822. The van der Waals surface area contributed by atoms with Gasteiger partial charge >= 0.3 is 6.18 Å². The zero-order valence-electron chi connectivity index (χ0n) is 11.1. The first kappa shape index (κ1) is 15.8. The molecule has 0 saturated carbocycles. The average molecular weight is 325 g/mol. The van der Waals surface area contributed by atoms with Crippen LogP contribution in [0, 0.1) is 0 Å². The van der Waals surface area contributed by atoms with Gasteiger partial charge in [-0.2, -0.15) is 28.4 Å². The van der Waals surface area contributed by atoms with E-state index < -0.39 is 30.3 Å². The minimum Gasteiger partial charge on any atom is -0.362 e. The first-order valence-corrected chi connectivity index (χ1v) is 6.31. The van der Waals surface area contributed by atoms with Crippen molar-refractivity contribution in [3.8, 4) is 0 Å². The van der Waals surface area contributed by atoms with Gasteiger partial charge < -0.3 is 5.11 Å². The molecule has 0 unspecified atom stereocenters. The quantitative estimate of drug-likeness (QED) is 0.904. The van der Waals surface area contributed by atoms with Gasteiger partial charge in [0.05, 0.1) is 11.2 Å². The summed E-state index contributed by atoms with van der Waals surface area (Å²) in [7, 11) is 0. The molecule has 0 aromatic carbocycles. The Balaban J connectivity index is 2.32. The molecule has 10 heteroatoms. The van der Waals surface area contributed by atoms with Crippen LogP contribution in [0.2, 0.25) is 5.02 Å². The Bertz CT molecular complexity index is 601. The number of alkyl halides is 3. The first-order chi connectivity index (χ1) is 9.56. The number of nitrogens with zero attached hydrogens (tertiary/aromatic N) is 4. The van der Waals surface area contributed by atoms with Gasteiger partial charge in [-0.3, -0.25) is 9.48 Å². The highest BCUT2D eigenvalue weighted by Gasteiger charge is 2.63. The topological polar surface area (TPSA) is 70.7 Å².